The van der Waals surface area contributed by atoms with Gasteiger partial charge in [0.05, 0.1) is 23.5 Å². The molecule has 1 aliphatic heterocycles. The molecule has 0 unspecified atom stereocenters. The first-order valence-electron chi connectivity index (χ1n) is 6.22. The number of carbonyl (C=O) groups is 1. The summed E-state index contributed by atoms with van der Waals surface area (Å²) in [6.07, 6.45) is 0.441. The van der Waals surface area contributed by atoms with Crippen LogP contribution in [0.15, 0.2) is 24.3 Å². The lowest BCUT2D eigenvalue weighted by Gasteiger charge is -2.16. The topological polar surface area (TPSA) is 42.4 Å². The molecule has 4 nitrogen and oxygen atoms in total. The minimum atomic E-state index is -0.315. The maximum Gasteiger partial charge on any atom is 0.414 e. The first kappa shape index (κ1) is 12.2. The molecule has 0 bridgehead atoms. The van der Waals surface area contributed by atoms with Gasteiger partial charge in [0.15, 0.2) is 0 Å². The highest BCUT2D eigenvalue weighted by Crippen LogP contribution is 2.31. The van der Waals surface area contributed by atoms with Crippen LogP contribution in [-0.2, 0) is 11.2 Å². The van der Waals surface area contributed by atoms with E-state index in [2.05, 4.69) is 4.98 Å². The van der Waals surface area contributed by atoms with Gasteiger partial charge in [-0.1, -0.05) is 11.6 Å². The number of amides is 1. The van der Waals surface area contributed by atoms with E-state index in [0.717, 1.165) is 28.7 Å². The minimum absolute atomic E-state index is 0.315. The Bertz CT molecular complexity index is 657. The highest BCUT2D eigenvalue weighted by Gasteiger charge is 2.27. The van der Waals surface area contributed by atoms with Gasteiger partial charge < -0.3 is 4.74 Å². The molecule has 0 spiro atoms. The van der Waals surface area contributed by atoms with Crippen molar-refractivity contribution in [3.8, 4) is 0 Å². The van der Waals surface area contributed by atoms with E-state index in [1.165, 1.54) is 0 Å². The normalized spacial score (nSPS) is 13.7. The molecule has 0 fully saturated rings. The molecule has 1 aromatic heterocycles. The molecule has 98 valence electrons. The van der Waals surface area contributed by atoms with Crippen LogP contribution >= 0.6 is 11.6 Å². The van der Waals surface area contributed by atoms with Crippen LogP contribution in [0.3, 0.4) is 0 Å². The van der Waals surface area contributed by atoms with E-state index in [1.54, 1.807) is 11.8 Å². The van der Waals surface area contributed by atoms with Gasteiger partial charge in [-0.15, -0.1) is 0 Å². The molecule has 0 saturated carbocycles. The van der Waals surface area contributed by atoms with Crippen LogP contribution in [0.1, 0.15) is 12.6 Å². The van der Waals surface area contributed by atoms with Crippen LogP contribution in [0.2, 0.25) is 5.02 Å². The van der Waals surface area contributed by atoms with Gasteiger partial charge in [-0.05, 0) is 31.2 Å². The van der Waals surface area contributed by atoms with Crippen molar-refractivity contribution < 1.29 is 9.53 Å². The zero-order valence-electron chi connectivity index (χ0n) is 10.5. The van der Waals surface area contributed by atoms with Crippen LogP contribution in [0, 0.1) is 0 Å². The standard InChI is InChI=1S/C14H13ClN2O2/c1-2-19-14(18)17-6-5-12-13(17)8-9-7-10(15)3-4-11(9)16-12/h3-4,7-8H,2,5-6H2,1H3. The molecule has 19 heavy (non-hydrogen) atoms. The SMILES string of the molecule is CCOC(=O)N1CCc2nc3ccc(Cl)cc3cc21. The number of anilines is 1. The third-order valence-corrected chi connectivity index (χ3v) is 3.42. The number of halogens is 1. The number of ether oxygens (including phenoxy) is 1. The number of rotatable bonds is 1. The van der Waals surface area contributed by atoms with E-state index >= 15 is 0 Å². The molecule has 5 heteroatoms. The molecule has 0 N–H and O–H groups in total. The predicted octanol–water partition coefficient (Wildman–Crippen LogP) is 3.41. The Balaban J connectivity index is 2.07. The fourth-order valence-corrected chi connectivity index (χ4v) is 2.50. The number of nitrogens with zero attached hydrogens (tertiary/aromatic N) is 2. The molecule has 0 saturated heterocycles. The molecule has 3 rings (SSSR count). The zero-order valence-corrected chi connectivity index (χ0v) is 11.3. The van der Waals surface area contributed by atoms with E-state index in [1.807, 2.05) is 24.3 Å². The number of carbonyl (C=O) groups excluding carboxylic acids is 1. The van der Waals surface area contributed by atoms with Gasteiger partial charge in [-0.3, -0.25) is 9.88 Å². The van der Waals surface area contributed by atoms with E-state index in [9.17, 15) is 4.79 Å². The Morgan fingerprint density at radius 2 is 2.32 bits per heavy atom. The first-order chi connectivity index (χ1) is 9.19. The summed E-state index contributed by atoms with van der Waals surface area (Å²) in [6, 6.07) is 7.52. The van der Waals surface area contributed by atoms with Crippen molar-refractivity contribution in [1.29, 1.82) is 0 Å². The van der Waals surface area contributed by atoms with Gasteiger partial charge >= 0.3 is 6.09 Å². The van der Waals surface area contributed by atoms with Gasteiger partial charge in [-0.25, -0.2) is 4.79 Å². The Morgan fingerprint density at radius 1 is 1.47 bits per heavy atom. The van der Waals surface area contributed by atoms with E-state index in [0.29, 0.717) is 18.2 Å². The maximum atomic E-state index is 11.9. The van der Waals surface area contributed by atoms with E-state index in [-0.39, 0.29) is 6.09 Å². The van der Waals surface area contributed by atoms with Crippen LogP contribution in [0.25, 0.3) is 10.9 Å². The summed E-state index contributed by atoms with van der Waals surface area (Å²) in [6.45, 7) is 2.79. The van der Waals surface area contributed by atoms with Crippen molar-refractivity contribution in [2.45, 2.75) is 13.3 Å². The smallest absolute Gasteiger partial charge is 0.414 e. The lowest BCUT2D eigenvalue weighted by atomic mass is 10.2. The lowest BCUT2D eigenvalue weighted by Crippen LogP contribution is -2.29. The Hall–Kier alpha value is -1.81. The zero-order chi connectivity index (χ0) is 13.4. The Kier molecular flexibility index (Phi) is 3.03. The third-order valence-electron chi connectivity index (χ3n) is 3.18. The highest BCUT2D eigenvalue weighted by atomic mass is 35.5. The molecule has 1 amide bonds. The molecule has 0 atom stereocenters. The fourth-order valence-electron chi connectivity index (χ4n) is 2.32. The number of pyridine rings is 1. The first-order valence-corrected chi connectivity index (χ1v) is 6.60. The molecule has 0 radical (unpaired) electrons. The monoisotopic (exact) mass is 276 g/mol. The molecule has 1 aliphatic rings. The largest absolute Gasteiger partial charge is 0.449 e. The summed E-state index contributed by atoms with van der Waals surface area (Å²) in [4.78, 5) is 18.1. The van der Waals surface area contributed by atoms with Crippen molar-refractivity contribution in [3.63, 3.8) is 0 Å². The van der Waals surface area contributed by atoms with Crippen molar-refractivity contribution in [3.05, 3.63) is 35.0 Å². The maximum absolute atomic E-state index is 11.9. The molecular weight excluding hydrogens is 264 g/mol. The number of fused-ring (bicyclic) bond motifs is 2. The van der Waals surface area contributed by atoms with Crippen molar-refractivity contribution >= 4 is 34.3 Å². The van der Waals surface area contributed by atoms with Crippen LogP contribution in [-0.4, -0.2) is 24.2 Å². The second kappa shape index (κ2) is 4.70. The molecular formula is C14H13ClN2O2. The fraction of sp³-hybridized carbons (Fsp3) is 0.286. The van der Waals surface area contributed by atoms with E-state index in [4.69, 9.17) is 16.3 Å². The average molecular weight is 277 g/mol. The minimum Gasteiger partial charge on any atom is -0.449 e. The van der Waals surface area contributed by atoms with Crippen molar-refractivity contribution in [2.24, 2.45) is 0 Å². The third kappa shape index (κ3) is 2.12. The Labute approximate surface area is 115 Å². The van der Waals surface area contributed by atoms with Gasteiger partial charge in [-0.2, -0.15) is 0 Å². The Morgan fingerprint density at radius 3 is 3.11 bits per heavy atom. The second-order valence-electron chi connectivity index (χ2n) is 4.39. The van der Waals surface area contributed by atoms with Gasteiger partial charge in [0.2, 0.25) is 0 Å². The molecule has 2 heterocycles. The van der Waals surface area contributed by atoms with Crippen LogP contribution in [0.4, 0.5) is 10.5 Å². The van der Waals surface area contributed by atoms with Gasteiger partial charge in [0.1, 0.15) is 0 Å². The van der Waals surface area contributed by atoms with Gasteiger partial charge in [0.25, 0.3) is 0 Å². The van der Waals surface area contributed by atoms with Crippen LogP contribution < -0.4 is 4.90 Å². The summed E-state index contributed by atoms with van der Waals surface area (Å²) in [5, 5.41) is 1.59. The highest BCUT2D eigenvalue weighted by molar-refractivity contribution is 6.31. The van der Waals surface area contributed by atoms with E-state index < -0.39 is 0 Å². The predicted molar refractivity (Wildman–Crippen MR) is 74.8 cm³/mol. The van der Waals surface area contributed by atoms with Crippen LogP contribution in [0.5, 0.6) is 0 Å². The number of hydrogen-bond acceptors (Lipinski definition) is 3. The summed E-state index contributed by atoms with van der Waals surface area (Å²) in [5.41, 5.74) is 2.66. The number of hydrogen-bond donors (Lipinski definition) is 0. The molecule has 2 aromatic rings. The summed E-state index contributed by atoms with van der Waals surface area (Å²) >= 11 is 5.99. The van der Waals surface area contributed by atoms with Crippen molar-refractivity contribution in [2.75, 3.05) is 18.1 Å². The lowest BCUT2D eigenvalue weighted by molar-refractivity contribution is 0.160. The number of benzene rings is 1. The number of aromatic nitrogens is 1. The molecule has 1 aromatic carbocycles. The second-order valence-corrected chi connectivity index (χ2v) is 4.83. The summed E-state index contributed by atoms with van der Waals surface area (Å²) in [5.74, 6) is 0. The molecule has 0 aliphatic carbocycles. The van der Waals surface area contributed by atoms with Gasteiger partial charge in [0, 0.05) is 23.4 Å². The summed E-state index contributed by atoms with van der Waals surface area (Å²) in [7, 11) is 0. The average Bonchev–Trinajstić information content (AvgIpc) is 2.79. The quantitative estimate of drug-likeness (QED) is 0.802. The van der Waals surface area contributed by atoms with Crippen molar-refractivity contribution in [1.82, 2.24) is 4.98 Å². The summed E-state index contributed by atoms with van der Waals surface area (Å²) < 4.78 is 5.05.